The van der Waals surface area contributed by atoms with E-state index >= 15 is 0 Å². The lowest BCUT2D eigenvalue weighted by atomic mass is 9.98. The third-order valence-corrected chi connectivity index (χ3v) is 4.48. The first-order chi connectivity index (χ1) is 9.33. The molecule has 0 spiro atoms. The monoisotopic (exact) mass is 259 g/mol. The van der Waals surface area contributed by atoms with E-state index in [1.165, 1.54) is 56.4 Å². The first kappa shape index (κ1) is 13.1. The van der Waals surface area contributed by atoms with E-state index in [1.807, 2.05) is 12.4 Å². The molecule has 104 valence electrons. The van der Waals surface area contributed by atoms with Gasteiger partial charge in [-0.25, -0.2) is 0 Å². The van der Waals surface area contributed by atoms with Crippen LogP contribution in [0.15, 0.2) is 18.5 Å². The van der Waals surface area contributed by atoms with Gasteiger partial charge < -0.3 is 5.32 Å². The third-order valence-electron chi connectivity index (χ3n) is 4.48. The van der Waals surface area contributed by atoms with Gasteiger partial charge >= 0.3 is 0 Å². The summed E-state index contributed by atoms with van der Waals surface area (Å²) in [5.41, 5.74) is 2.78. The lowest BCUT2D eigenvalue weighted by Gasteiger charge is -2.30. The van der Waals surface area contributed by atoms with Crippen molar-refractivity contribution in [3.63, 3.8) is 0 Å². The number of nitrogens with one attached hydrogen (secondary N) is 1. The van der Waals surface area contributed by atoms with Gasteiger partial charge in [-0.05, 0) is 68.8 Å². The summed E-state index contributed by atoms with van der Waals surface area (Å²) in [4.78, 5) is 6.98. The number of hydrogen-bond donors (Lipinski definition) is 1. The molecule has 2 aliphatic rings. The first-order valence-electron chi connectivity index (χ1n) is 7.67. The van der Waals surface area contributed by atoms with Crippen LogP contribution in [0.25, 0.3) is 0 Å². The Morgan fingerprint density at radius 2 is 2.26 bits per heavy atom. The van der Waals surface area contributed by atoms with Gasteiger partial charge in [0.15, 0.2) is 0 Å². The van der Waals surface area contributed by atoms with E-state index in [4.69, 9.17) is 0 Å². The van der Waals surface area contributed by atoms with Gasteiger partial charge in [-0.15, -0.1) is 0 Å². The van der Waals surface area contributed by atoms with Crippen LogP contribution in [0.3, 0.4) is 0 Å². The second-order valence-corrected chi connectivity index (χ2v) is 6.18. The summed E-state index contributed by atoms with van der Waals surface area (Å²) < 4.78 is 0. The van der Waals surface area contributed by atoms with Gasteiger partial charge in [-0.1, -0.05) is 0 Å². The molecule has 1 aliphatic carbocycles. The molecule has 2 heterocycles. The fourth-order valence-electron chi connectivity index (χ4n) is 3.07. The van der Waals surface area contributed by atoms with Crippen LogP contribution in [-0.2, 0) is 6.54 Å². The van der Waals surface area contributed by atoms with E-state index in [1.54, 1.807) is 0 Å². The van der Waals surface area contributed by atoms with Crippen molar-refractivity contribution in [1.82, 2.24) is 15.2 Å². The van der Waals surface area contributed by atoms with Crippen LogP contribution in [0.2, 0.25) is 0 Å². The second kappa shape index (κ2) is 6.02. The average Bonchev–Trinajstić information content (AvgIpc) is 3.26. The minimum absolute atomic E-state index is 0.835. The Balaban J connectivity index is 1.62. The number of hydrogen-bond acceptors (Lipinski definition) is 3. The Bertz CT molecular complexity index is 408. The summed E-state index contributed by atoms with van der Waals surface area (Å²) in [6.07, 6.45) is 9.45. The maximum atomic E-state index is 4.29. The van der Waals surface area contributed by atoms with Crippen molar-refractivity contribution in [2.24, 2.45) is 5.92 Å². The molecule has 1 aliphatic heterocycles. The van der Waals surface area contributed by atoms with Crippen molar-refractivity contribution in [2.45, 2.75) is 45.2 Å². The normalized spacial score (nSPS) is 23.8. The van der Waals surface area contributed by atoms with E-state index in [2.05, 4.69) is 28.2 Å². The van der Waals surface area contributed by atoms with E-state index in [0.29, 0.717) is 0 Å². The van der Waals surface area contributed by atoms with Crippen molar-refractivity contribution in [3.05, 3.63) is 29.6 Å². The van der Waals surface area contributed by atoms with Crippen molar-refractivity contribution >= 4 is 0 Å². The van der Waals surface area contributed by atoms with Crippen LogP contribution < -0.4 is 5.32 Å². The molecule has 3 heteroatoms. The minimum Gasteiger partial charge on any atom is -0.316 e. The molecule has 2 fully saturated rings. The van der Waals surface area contributed by atoms with Crippen molar-refractivity contribution < 1.29 is 0 Å². The van der Waals surface area contributed by atoms with Gasteiger partial charge in [0.05, 0.1) is 0 Å². The summed E-state index contributed by atoms with van der Waals surface area (Å²) >= 11 is 0. The Morgan fingerprint density at radius 1 is 1.37 bits per heavy atom. The quantitative estimate of drug-likeness (QED) is 0.880. The molecular formula is C16H25N3. The lowest BCUT2D eigenvalue weighted by molar-refractivity contribution is 0.192. The zero-order valence-corrected chi connectivity index (χ0v) is 11.9. The molecular weight excluding hydrogens is 234 g/mol. The largest absolute Gasteiger partial charge is 0.316 e. The summed E-state index contributed by atoms with van der Waals surface area (Å²) in [5.74, 6) is 0.839. The number of pyridine rings is 1. The predicted molar refractivity (Wildman–Crippen MR) is 78.0 cm³/mol. The van der Waals surface area contributed by atoms with Gasteiger partial charge in [0.2, 0.25) is 0 Å². The van der Waals surface area contributed by atoms with Gasteiger partial charge in [0, 0.05) is 31.5 Å². The van der Waals surface area contributed by atoms with Gasteiger partial charge in [0.1, 0.15) is 0 Å². The number of rotatable bonds is 5. The van der Waals surface area contributed by atoms with Gasteiger partial charge in [-0.3, -0.25) is 9.88 Å². The Morgan fingerprint density at radius 3 is 2.95 bits per heavy atom. The summed E-state index contributed by atoms with van der Waals surface area (Å²) in [7, 11) is 0. The minimum atomic E-state index is 0.835. The molecule has 1 aromatic rings. The molecule has 0 bridgehead atoms. The van der Waals surface area contributed by atoms with E-state index in [0.717, 1.165) is 18.5 Å². The fourth-order valence-corrected chi connectivity index (χ4v) is 3.07. The maximum absolute atomic E-state index is 4.29. The van der Waals surface area contributed by atoms with Gasteiger partial charge in [-0.2, -0.15) is 0 Å². The standard InChI is InChI=1S/C16H25N3/c1-13-6-8-18-10-15(13)12-19(16-4-5-16)11-14-3-2-7-17-9-14/h6,8,10,14,16-17H,2-5,7,9,11-12H2,1H3. The molecule has 1 saturated heterocycles. The van der Waals surface area contributed by atoms with Crippen molar-refractivity contribution in [2.75, 3.05) is 19.6 Å². The summed E-state index contributed by atoms with van der Waals surface area (Å²) in [6.45, 7) is 6.95. The number of nitrogens with zero attached hydrogens (tertiary/aromatic N) is 2. The van der Waals surface area contributed by atoms with E-state index in [-0.39, 0.29) is 0 Å². The van der Waals surface area contributed by atoms with Crippen LogP contribution in [0.1, 0.15) is 36.8 Å². The molecule has 0 radical (unpaired) electrons. The molecule has 1 saturated carbocycles. The SMILES string of the molecule is Cc1ccncc1CN(CC1CCCNC1)C1CC1. The highest BCUT2D eigenvalue weighted by atomic mass is 15.2. The Hall–Kier alpha value is -0.930. The van der Waals surface area contributed by atoms with Crippen LogP contribution >= 0.6 is 0 Å². The topological polar surface area (TPSA) is 28.2 Å². The molecule has 1 aromatic heterocycles. The predicted octanol–water partition coefficient (Wildman–Crippen LogP) is 2.35. The second-order valence-electron chi connectivity index (χ2n) is 6.18. The smallest absolute Gasteiger partial charge is 0.0315 e. The average molecular weight is 259 g/mol. The first-order valence-corrected chi connectivity index (χ1v) is 7.67. The highest BCUT2D eigenvalue weighted by Gasteiger charge is 2.31. The molecule has 19 heavy (non-hydrogen) atoms. The molecule has 1 unspecified atom stereocenters. The fraction of sp³-hybridized carbons (Fsp3) is 0.688. The molecule has 1 atom stereocenters. The third kappa shape index (κ3) is 3.54. The summed E-state index contributed by atoms with van der Waals surface area (Å²) in [6, 6.07) is 2.96. The molecule has 1 N–H and O–H groups in total. The zero-order valence-electron chi connectivity index (χ0n) is 11.9. The van der Waals surface area contributed by atoms with E-state index in [9.17, 15) is 0 Å². The highest BCUT2D eigenvalue weighted by molar-refractivity contribution is 5.21. The number of aromatic nitrogens is 1. The van der Waals surface area contributed by atoms with Crippen molar-refractivity contribution in [3.8, 4) is 0 Å². The zero-order chi connectivity index (χ0) is 13.1. The Kier molecular flexibility index (Phi) is 4.14. The van der Waals surface area contributed by atoms with Crippen LogP contribution in [0.4, 0.5) is 0 Å². The lowest BCUT2D eigenvalue weighted by Crippen LogP contribution is -2.39. The Labute approximate surface area is 116 Å². The van der Waals surface area contributed by atoms with E-state index < -0.39 is 0 Å². The maximum Gasteiger partial charge on any atom is 0.0315 e. The molecule has 3 rings (SSSR count). The summed E-state index contributed by atoms with van der Waals surface area (Å²) in [5, 5.41) is 3.54. The molecule has 0 amide bonds. The van der Waals surface area contributed by atoms with Crippen LogP contribution in [0, 0.1) is 12.8 Å². The van der Waals surface area contributed by atoms with Crippen molar-refractivity contribution in [1.29, 1.82) is 0 Å². The highest BCUT2D eigenvalue weighted by Crippen LogP contribution is 2.30. The molecule has 3 nitrogen and oxygen atoms in total. The van der Waals surface area contributed by atoms with Crippen LogP contribution in [0.5, 0.6) is 0 Å². The number of piperidine rings is 1. The number of aryl methyl sites for hydroxylation is 1. The van der Waals surface area contributed by atoms with Gasteiger partial charge in [0.25, 0.3) is 0 Å². The van der Waals surface area contributed by atoms with Crippen LogP contribution in [-0.4, -0.2) is 35.6 Å². The molecule has 0 aromatic carbocycles.